The van der Waals surface area contributed by atoms with E-state index >= 15 is 0 Å². The molecule has 0 spiro atoms. The quantitative estimate of drug-likeness (QED) is 0.724. The molecule has 0 saturated heterocycles. The third-order valence-electron chi connectivity index (χ3n) is 3.12. The Kier molecular flexibility index (Phi) is 3.09. The number of halogens is 3. The highest BCUT2D eigenvalue weighted by molar-refractivity contribution is 5.87. The molecule has 2 aromatic heterocycles. The molecule has 3 rings (SSSR count). The van der Waals surface area contributed by atoms with E-state index in [0.717, 1.165) is 12.1 Å². The van der Waals surface area contributed by atoms with Gasteiger partial charge in [-0.25, -0.2) is 9.97 Å². The smallest absolute Gasteiger partial charge is 0.417 e. The summed E-state index contributed by atoms with van der Waals surface area (Å²) < 4.78 is 39.3. The predicted octanol–water partition coefficient (Wildman–Crippen LogP) is 2.71. The lowest BCUT2D eigenvalue weighted by Crippen LogP contribution is -2.14. The van der Waals surface area contributed by atoms with Crippen LogP contribution < -0.4 is 5.56 Å². The van der Waals surface area contributed by atoms with Crippen LogP contribution in [0.3, 0.4) is 0 Å². The summed E-state index contributed by atoms with van der Waals surface area (Å²) in [5, 5.41) is 10.2. The van der Waals surface area contributed by atoms with Gasteiger partial charge < -0.3 is 10.1 Å². The van der Waals surface area contributed by atoms with E-state index in [2.05, 4.69) is 15.0 Å². The Morgan fingerprint density at radius 3 is 2.50 bits per heavy atom. The Morgan fingerprint density at radius 1 is 1.09 bits per heavy atom. The number of aromatic hydroxyl groups is 1. The van der Waals surface area contributed by atoms with Crippen LogP contribution in [0.25, 0.3) is 22.3 Å². The molecule has 0 bridgehead atoms. The normalized spacial score (nSPS) is 11.8. The van der Waals surface area contributed by atoms with Gasteiger partial charge in [0, 0.05) is 18.0 Å². The fraction of sp³-hybridized carbons (Fsp3) is 0.0714. The van der Waals surface area contributed by atoms with Gasteiger partial charge in [-0.3, -0.25) is 4.79 Å². The van der Waals surface area contributed by atoms with Gasteiger partial charge in [-0.2, -0.15) is 13.2 Å². The van der Waals surface area contributed by atoms with Gasteiger partial charge >= 0.3 is 6.18 Å². The Morgan fingerprint density at radius 2 is 1.77 bits per heavy atom. The van der Waals surface area contributed by atoms with E-state index in [1.165, 1.54) is 24.5 Å². The number of aromatic amines is 1. The van der Waals surface area contributed by atoms with Crippen LogP contribution in [-0.4, -0.2) is 20.1 Å². The van der Waals surface area contributed by atoms with Gasteiger partial charge in [-0.1, -0.05) is 18.2 Å². The molecule has 0 aliphatic heterocycles. The highest BCUT2D eigenvalue weighted by Gasteiger charge is 2.34. The molecule has 5 nitrogen and oxygen atoms in total. The first-order valence-electron chi connectivity index (χ1n) is 6.12. The van der Waals surface area contributed by atoms with Gasteiger partial charge in [0.1, 0.15) is 5.52 Å². The zero-order valence-corrected chi connectivity index (χ0v) is 10.8. The Bertz CT molecular complexity index is 919. The summed E-state index contributed by atoms with van der Waals surface area (Å²) in [6.07, 6.45) is -2.10. The highest BCUT2D eigenvalue weighted by atomic mass is 19.4. The third-order valence-corrected chi connectivity index (χ3v) is 3.12. The summed E-state index contributed by atoms with van der Waals surface area (Å²) >= 11 is 0. The summed E-state index contributed by atoms with van der Waals surface area (Å²) in [7, 11) is 0. The molecular weight excluding hydrogens is 299 g/mol. The van der Waals surface area contributed by atoms with Gasteiger partial charge in [-0.05, 0) is 6.07 Å². The SMILES string of the molecule is O=c1[nH]c2nccnc2c(O)c1-c1ccccc1C(F)(F)F. The maximum absolute atomic E-state index is 13.1. The average Bonchev–Trinajstić information content (AvgIpc) is 2.47. The number of aromatic nitrogens is 3. The van der Waals surface area contributed by atoms with Gasteiger partial charge in [0.2, 0.25) is 0 Å². The number of benzene rings is 1. The lowest BCUT2D eigenvalue weighted by molar-refractivity contribution is -0.137. The van der Waals surface area contributed by atoms with E-state index in [9.17, 15) is 23.1 Å². The molecule has 2 heterocycles. The van der Waals surface area contributed by atoms with E-state index in [1.807, 2.05) is 0 Å². The van der Waals surface area contributed by atoms with Crippen LogP contribution in [0.1, 0.15) is 5.56 Å². The molecule has 112 valence electrons. The van der Waals surface area contributed by atoms with Crippen molar-refractivity contribution in [3.8, 4) is 16.9 Å². The number of rotatable bonds is 1. The highest BCUT2D eigenvalue weighted by Crippen LogP contribution is 2.39. The molecule has 8 heteroatoms. The first-order chi connectivity index (χ1) is 10.4. The van der Waals surface area contributed by atoms with Crippen LogP contribution in [0.4, 0.5) is 13.2 Å². The average molecular weight is 307 g/mol. The molecule has 0 atom stereocenters. The molecule has 0 radical (unpaired) electrons. The first kappa shape index (κ1) is 14.1. The minimum Gasteiger partial charge on any atom is -0.505 e. The van der Waals surface area contributed by atoms with Crippen LogP contribution in [0, 0.1) is 0 Å². The number of alkyl halides is 3. The van der Waals surface area contributed by atoms with Crippen LogP contribution in [0.15, 0.2) is 41.5 Å². The van der Waals surface area contributed by atoms with Crippen molar-refractivity contribution >= 4 is 11.2 Å². The zero-order valence-electron chi connectivity index (χ0n) is 10.8. The monoisotopic (exact) mass is 307 g/mol. The molecule has 22 heavy (non-hydrogen) atoms. The summed E-state index contributed by atoms with van der Waals surface area (Å²) in [5.41, 5.74) is -2.87. The fourth-order valence-corrected chi connectivity index (χ4v) is 2.20. The lowest BCUT2D eigenvalue weighted by Gasteiger charge is -2.13. The first-order valence-corrected chi connectivity index (χ1v) is 6.12. The molecule has 0 aliphatic rings. The number of nitrogens with zero attached hydrogens (tertiary/aromatic N) is 2. The number of hydrogen-bond donors (Lipinski definition) is 2. The van der Waals surface area contributed by atoms with Gasteiger partial charge in [0.25, 0.3) is 5.56 Å². The van der Waals surface area contributed by atoms with E-state index in [1.54, 1.807) is 0 Å². The molecule has 0 unspecified atom stereocenters. The van der Waals surface area contributed by atoms with Crippen molar-refractivity contribution in [2.75, 3.05) is 0 Å². The van der Waals surface area contributed by atoms with Crippen molar-refractivity contribution < 1.29 is 18.3 Å². The fourth-order valence-electron chi connectivity index (χ4n) is 2.20. The maximum Gasteiger partial charge on any atom is 0.417 e. The van der Waals surface area contributed by atoms with Crippen LogP contribution in [-0.2, 0) is 6.18 Å². The van der Waals surface area contributed by atoms with Crippen molar-refractivity contribution in [2.24, 2.45) is 0 Å². The number of pyridine rings is 1. The minimum atomic E-state index is -4.66. The van der Waals surface area contributed by atoms with Gasteiger partial charge in [0.15, 0.2) is 11.4 Å². The Hall–Kier alpha value is -2.90. The van der Waals surface area contributed by atoms with Crippen LogP contribution in [0.5, 0.6) is 5.75 Å². The molecular formula is C14H8F3N3O2. The second-order valence-electron chi connectivity index (χ2n) is 4.47. The molecule has 1 aromatic carbocycles. The molecule has 0 fully saturated rings. The predicted molar refractivity (Wildman–Crippen MR) is 72.3 cm³/mol. The number of H-pyrrole nitrogens is 1. The van der Waals surface area contributed by atoms with E-state index in [0.29, 0.717) is 0 Å². The summed E-state index contributed by atoms with van der Waals surface area (Å²) in [4.78, 5) is 22.0. The van der Waals surface area contributed by atoms with Gasteiger partial charge in [-0.15, -0.1) is 0 Å². The van der Waals surface area contributed by atoms with E-state index < -0.39 is 34.2 Å². The molecule has 0 amide bonds. The summed E-state index contributed by atoms with van der Waals surface area (Å²) in [6.45, 7) is 0. The largest absolute Gasteiger partial charge is 0.505 e. The minimum absolute atomic E-state index is 0.00163. The topological polar surface area (TPSA) is 78.9 Å². The number of hydrogen-bond acceptors (Lipinski definition) is 4. The van der Waals surface area contributed by atoms with E-state index in [4.69, 9.17) is 0 Å². The second-order valence-corrected chi connectivity index (χ2v) is 4.47. The van der Waals surface area contributed by atoms with Gasteiger partial charge in [0.05, 0.1) is 11.1 Å². The number of nitrogens with one attached hydrogen (secondary N) is 1. The Labute approximate surface area is 121 Å². The van der Waals surface area contributed by atoms with Crippen LogP contribution >= 0.6 is 0 Å². The molecule has 0 saturated carbocycles. The summed E-state index contributed by atoms with van der Waals surface area (Å²) in [6, 6.07) is 4.52. The van der Waals surface area contributed by atoms with Crippen molar-refractivity contribution in [2.45, 2.75) is 6.18 Å². The molecule has 3 aromatic rings. The zero-order chi connectivity index (χ0) is 15.9. The standard InChI is InChI=1S/C14H8F3N3O2/c15-14(16,17)8-4-2-1-3-7(8)9-11(21)10-12(20-13(9)22)19-6-5-18-10/h1-6H,(H2,19,20,21,22). The van der Waals surface area contributed by atoms with Crippen molar-refractivity contribution in [1.29, 1.82) is 0 Å². The summed E-state index contributed by atoms with van der Waals surface area (Å²) in [5.74, 6) is -0.636. The maximum atomic E-state index is 13.1. The van der Waals surface area contributed by atoms with Crippen molar-refractivity contribution in [3.63, 3.8) is 0 Å². The van der Waals surface area contributed by atoms with E-state index in [-0.39, 0.29) is 11.2 Å². The Balaban J connectivity index is 2.40. The van der Waals surface area contributed by atoms with Crippen molar-refractivity contribution in [1.82, 2.24) is 15.0 Å². The second kappa shape index (κ2) is 4.83. The molecule has 2 N–H and O–H groups in total. The lowest BCUT2D eigenvalue weighted by atomic mass is 9.99. The van der Waals surface area contributed by atoms with Crippen LogP contribution in [0.2, 0.25) is 0 Å². The van der Waals surface area contributed by atoms with Crippen molar-refractivity contribution in [3.05, 3.63) is 52.6 Å². The molecule has 0 aliphatic carbocycles. The number of fused-ring (bicyclic) bond motifs is 1. The third kappa shape index (κ3) is 2.18.